The maximum absolute atomic E-state index is 11.0. The number of rotatable bonds is 5. The Labute approximate surface area is 95.0 Å². The SMILES string of the molecule is C#CCNc1cccc(OCC(=O)NC)c1. The summed E-state index contributed by atoms with van der Waals surface area (Å²) in [6.45, 7) is 0.466. The lowest BCUT2D eigenvalue weighted by Gasteiger charge is -2.07. The van der Waals surface area contributed by atoms with E-state index in [0.29, 0.717) is 12.3 Å². The van der Waals surface area contributed by atoms with Crippen molar-refractivity contribution in [3.63, 3.8) is 0 Å². The van der Waals surface area contributed by atoms with Crippen LogP contribution < -0.4 is 15.4 Å². The van der Waals surface area contributed by atoms with Crippen LogP contribution in [-0.4, -0.2) is 26.1 Å². The van der Waals surface area contributed by atoms with Gasteiger partial charge in [0, 0.05) is 18.8 Å². The van der Waals surface area contributed by atoms with Crippen molar-refractivity contribution >= 4 is 11.6 Å². The molecule has 16 heavy (non-hydrogen) atoms. The third-order valence-corrected chi connectivity index (χ3v) is 1.88. The van der Waals surface area contributed by atoms with Crippen LogP contribution in [0.1, 0.15) is 0 Å². The molecule has 1 rings (SSSR count). The lowest BCUT2D eigenvalue weighted by atomic mass is 10.3. The average Bonchev–Trinajstić information content (AvgIpc) is 2.34. The molecular formula is C12H14N2O2. The molecule has 1 amide bonds. The molecule has 0 bridgehead atoms. The van der Waals surface area contributed by atoms with Crippen LogP contribution in [-0.2, 0) is 4.79 Å². The number of terminal acetylenes is 1. The van der Waals surface area contributed by atoms with E-state index in [0.717, 1.165) is 5.69 Å². The van der Waals surface area contributed by atoms with Crippen molar-refractivity contribution in [2.75, 3.05) is 25.5 Å². The first kappa shape index (κ1) is 11.9. The minimum atomic E-state index is -0.165. The van der Waals surface area contributed by atoms with Crippen LogP contribution in [0, 0.1) is 12.3 Å². The molecule has 0 heterocycles. The van der Waals surface area contributed by atoms with Gasteiger partial charge in [0.25, 0.3) is 5.91 Å². The molecule has 0 atom stereocenters. The van der Waals surface area contributed by atoms with Crippen LogP contribution in [0.5, 0.6) is 5.75 Å². The van der Waals surface area contributed by atoms with Gasteiger partial charge in [-0.15, -0.1) is 6.42 Å². The van der Waals surface area contributed by atoms with Crippen LogP contribution in [0.25, 0.3) is 0 Å². The normalized spacial score (nSPS) is 9.00. The van der Waals surface area contributed by atoms with Crippen molar-refractivity contribution in [3.05, 3.63) is 24.3 Å². The first-order valence-corrected chi connectivity index (χ1v) is 4.87. The van der Waals surface area contributed by atoms with E-state index in [4.69, 9.17) is 11.2 Å². The molecule has 4 heteroatoms. The van der Waals surface area contributed by atoms with Crippen molar-refractivity contribution in [1.29, 1.82) is 0 Å². The molecule has 0 aliphatic carbocycles. The maximum Gasteiger partial charge on any atom is 0.257 e. The minimum Gasteiger partial charge on any atom is -0.484 e. The lowest BCUT2D eigenvalue weighted by molar-refractivity contribution is -0.122. The van der Waals surface area contributed by atoms with Gasteiger partial charge >= 0.3 is 0 Å². The molecule has 1 aromatic rings. The molecule has 4 nitrogen and oxygen atoms in total. The first-order chi connectivity index (χ1) is 7.76. The molecule has 0 saturated heterocycles. The van der Waals surface area contributed by atoms with Gasteiger partial charge in [-0.25, -0.2) is 0 Å². The third kappa shape index (κ3) is 3.93. The number of carbonyl (C=O) groups excluding carboxylic acids is 1. The quantitative estimate of drug-likeness (QED) is 0.721. The summed E-state index contributed by atoms with van der Waals surface area (Å²) in [7, 11) is 1.57. The van der Waals surface area contributed by atoms with Gasteiger partial charge < -0.3 is 15.4 Å². The number of ether oxygens (including phenoxy) is 1. The van der Waals surface area contributed by atoms with E-state index in [-0.39, 0.29) is 12.5 Å². The second-order valence-corrected chi connectivity index (χ2v) is 3.05. The first-order valence-electron chi connectivity index (χ1n) is 4.87. The lowest BCUT2D eigenvalue weighted by Crippen LogP contribution is -2.24. The summed E-state index contributed by atoms with van der Waals surface area (Å²) in [4.78, 5) is 11.0. The predicted octanol–water partition coefficient (Wildman–Crippen LogP) is 0.856. The second kappa shape index (κ2) is 6.36. The van der Waals surface area contributed by atoms with E-state index in [2.05, 4.69) is 16.6 Å². The fourth-order valence-electron chi connectivity index (χ4n) is 1.07. The van der Waals surface area contributed by atoms with Crippen molar-refractivity contribution in [2.24, 2.45) is 0 Å². The number of hydrogen-bond donors (Lipinski definition) is 2. The second-order valence-electron chi connectivity index (χ2n) is 3.05. The van der Waals surface area contributed by atoms with E-state index in [1.165, 1.54) is 0 Å². The maximum atomic E-state index is 11.0. The number of anilines is 1. The van der Waals surface area contributed by atoms with Crippen LogP contribution in [0.4, 0.5) is 5.69 Å². The molecule has 0 aliphatic rings. The molecule has 2 N–H and O–H groups in total. The molecule has 0 saturated carbocycles. The number of carbonyl (C=O) groups is 1. The van der Waals surface area contributed by atoms with E-state index in [1.54, 1.807) is 19.2 Å². The Hall–Kier alpha value is -2.15. The Morgan fingerprint density at radius 3 is 3.06 bits per heavy atom. The van der Waals surface area contributed by atoms with Crippen molar-refractivity contribution in [3.8, 4) is 18.1 Å². The highest BCUT2D eigenvalue weighted by Gasteiger charge is 2.00. The van der Waals surface area contributed by atoms with Gasteiger partial charge in [-0.1, -0.05) is 12.0 Å². The number of hydrogen-bond acceptors (Lipinski definition) is 3. The summed E-state index contributed by atoms with van der Waals surface area (Å²) < 4.78 is 5.28. The van der Waals surface area contributed by atoms with E-state index < -0.39 is 0 Å². The average molecular weight is 218 g/mol. The van der Waals surface area contributed by atoms with Crippen molar-refractivity contribution < 1.29 is 9.53 Å². The molecule has 0 aromatic heterocycles. The highest BCUT2D eigenvalue weighted by atomic mass is 16.5. The molecule has 0 spiro atoms. The molecule has 84 valence electrons. The number of nitrogens with one attached hydrogen (secondary N) is 2. The van der Waals surface area contributed by atoms with Crippen LogP contribution in [0.15, 0.2) is 24.3 Å². The zero-order valence-electron chi connectivity index (χ0n) is 9.12. The van der Waals surface area contributed by atoms with Gasteiger partial charge in [0.15, 0.2) is 6.61 Å². The van der Waals surface area contributed by atoms with Crippen LogP contribution in [0.2, 0.25) is 0 Å². The van der Waals surface area contributed by atoms with Crippen molar-refractivity contribution in [1.82, 2.24) is 5.32 Å². The fraction of sp³-hybridized carbons (Fsp3) is 0.250. The topological polar surface area (TPSA) is 50.4 Å². The third-order valence-electron chi connectivity index (χ3n) is 1.88. The summed E-state index contributed by atoms with van der Waals surface area (Å²) >= 11 is 0. The molecule has 0 radical (unpaired) electrons. The largest absolute Gasteiger partial charge is 0.484 e. The Morgan fingerprint density at radius 1 is 1.56 bits per heavy atom. The molecule has 1 aromatic carbocycles. The zero-order valence-corrected chi connectivity index (χ0v) is 9.12. The minimum absolute atomic E-state index is 0.00902. The standard InChI is InChI=1S/C12H14N2O2/c1-3-7-14-10-5-4-6-11(8-10)16-9-12(15)13-2/h1,4-6,8,14H,7,9H2,2H3,(H,13,15). The van der Waals surface area contributed by atoms with Gasteiger partial charge in [-0.2, -0.15) is 0 Å². The van der Waals surface area contributed by atoms with Gasteiger partial charge in [-0.05, 0) is 12.1 Å². The van der Waals surface area contributed by atoms with Gasteiger partial charge in [-0.3, -0.25) is 4.79 Å². The van der Waals surface area contributed by atoms with Crippen LogP contribution >= 0.6 is 0 Å². The number of benzene rings is 1. The van der Waals surface area contributed by atoms with Gasteiger partial charge in [0.1, 0.15) is 5.75 Å². The Bertz CT molecular complexity index is 396. The monoisotopic (exact) mass is 218 g/mol. The summed E-state index contributed by atoms with van der Waals surface area (Å²) in [5.74, 6) is 2.94. The summed E-state index contributed by atoms with van der Waals surface area (Å²) in [5.41, 5.74) is 0.868. The molecule has 0 unspecified atom stereocenters. The predicted molar refractivity (Wildman–Crippen MR) is 63.3 cm³/mol. The Kier molecular flexibility index (Phi) is 4.74. The Morgan fingerprint density at radius 2 is 2.38 bits per heavy atom. The number of amides is 1. The van der Waals surface area contributed by atoms with E-state index in [1.807, 2.05) is 12.1 Å². The summed E-state index contributed by atoms with van der Waals surface area (Å²) in [6.07, 6.45) is 5.13. The van der Waals surface area contributed by atoms with E-state index >= 15 is 0 Å². The van der Waals surface area contributed by atoms with Gasteiger partial charge in [0.05, 0.1) is 6.54 Å². The smallest absolute Gasteiger partial charge is 0.257 e. The highest BCUT2D eigenvalue weighted by molar-refractivity contribution is 5.77. The molecule has 0 fully saturated rings. The number of likely N-dealkylation sites (N-methyl/N-ethyl adjacent to an activating group) is 1. The Balaban J connectivity index is 2.54. The van der Waals surface area contributed by atoms with Gasteiger partial charge in [0.2, 0.25) is 0 Å². The highest BCUT2D eigenvalue weighted by Crippen LogP contribution is 2.16. The molecular weight excluding hydrogens is 204 g/mol. The van der Waals surface area contributed by atoms with Crippen molar-refractivity contribution in [2.45, 2.75) is 0 Å². The molecule has 0 aliphatic heterocycles. The summed E-state index contributed by atoms with van der Waals surface area (Å²) in [6, 6.07) is 7.28. The van der Waals surface area contributed by atoms with Crippen LogP contribution in [0.3, 0.4) is 0 Å². The van der Waals surface area contributed by atoms with E-state index in [9.17, 15) is 4.79 Å². The fourth-order valence-corrected chi connectivity index (χ4v) is 1.07. The summed E-state index contributed by atoms with van der Waals surface area (Å²) in [5, 5.41) is 5.50. The zero-order chi connectivity index (χ0) is 11.8.